The molecule has 2 aliphatic rings. The van der Waals surface area contributed by atoms with Crippen LogP contribution in [0, 0.1) is 11.3 Å². The molecule has 1 aliphatic heterocycles. The van der Waals surface area contributed by atoms with Gasteiger partial charge in [0.25, 0.3) is 0 Å². The largest absolute Gasteiger partial charge is 0.395 e. The van der Waals surface area contributed by atoms with Crippen molar-refractivity contribution in [1.29, 1.82) is 5.41 Å². The zero-order valence-corrected chi connectivity index (χ0v) is 9.28. The van der Waals surface area contributed by atoms with Gasteiger partial charge in [-0.2, -0.15) is 0 Å². The highest BCUT2D eigenvalue weighted by molar-refractivity contribution is 5.83. The molecule has 4 nitrogen and oxygen atoms in total. The monoisotopic (exact) mass is 211 g/mol. The lowest BCUT2D eigenvalue weighted by atomic mass is 10.3. The lowest BCUT2D eigenvalue weighted by molar-refractivity contribution is 0.201. The minimum absolute atomic E-state index is 0.250. The van der Waals surface area contributed by atoms with Crippen LogP contribution in [0.15, 0.2) is 0 Å². The number of hydrogen-bond acceptors (Lipinski definition) is 3. The molecule has 0 aromatic rings. The Morgan fingerprint density at radius 2 is 2.00 bits per heavy atom. The predicted molar refractivity (Wildman–Crippen MR) is 60.2 cm³/mol. The molecule has 2 N–H and O–H groups in total. The highest BCUT2D eigenvalue weighted by Crippen LogP contribution is 2.31. The van der Waals surface area contributed by atoms with E-state index < -0.39 is 0 Å². The van der Waals surface area contributed by atoms with E-state index in [1.165, 1.54) is 12.8 Å². The minimum Gasteiger partial charge on any atom is -0.395 e. The number of rotatable bonds is 3. The van der Waals surface area contributed by atoms with Crippen molar-refractivity contribution in [2.75, 3.05) is 39.3 Å². The number of amidine groups is 1. The van der Waals surface area contributed by atoms with Crippen LogP contribution in [0.3, 0.4) is 0 Å². The van der Waals surface area contributed by atoms with Gasteiger partial charge in [-0.15, -0.1) is 0 Å². The first-order chi connectivity index (χ1) is 7.31. The van der Waals surface area contributed by atoms with Crippen LogP contribution < -0.4 is 0 Å². The van der Waals surface area contributed by atoms with E-state index >= 15 is 0 Å². The van der Waals surface area contributed by atoms with E-state index in [1.807, 2.05) is 0 Å². The van der Waals surface area contributed by atoms with Crippen LogP contribution in [0.4, 0.5) is 0 Å². The summed E-state index contributed by atoms with van der Waals surface area (Å²) < 4.78 is 0. The Hall–Kier alpha value is -0.610. The van der Waals surface area contributed by atoms with E-state index in [0.717, 1.165) is 45.0 Å². The molecular weight excluding hydrogens is 190 g/mol. The summed E-state index contributed by atoms with van der Waals surface area (Å²) in [5, 5.41) is 16.9. The molecule has 4 heteroatoms. The van der Waals surface area contributed by atoms with Gasteiger partial charge >= 0.3 is 0 Å². The van der Waals surface area contributed by atoms with Crippen LogP contribution >= 0.6 is 0 Å². The Balaban J connectivity index is 1.80. The molecule has 1 saturated carbocycles. The normalized spacial score (nSPS) is 23.9. The Bertz CT molecular complexity index is 228. The Kier molecular flexibility index (Phi) is 3.59. The second-order valence-corrected chi connectivity index (χ2v) is 4.57. The summed E-state index contributed by atoms with van der Waals surface area (Å²) >= 11 is 0. The Morgan fingerprint density at radius 3 is 2.67 bits per heavy atom. The first kappa shape index (κ1) is 10.9. The van der Waals surface area contributed by atoms with Gasteiger partial charge in [-0.25, -0.2) is 0 Å². The van der Waals surface area contributed by atoms with Crippen molar-refractivity contribution in [3.8, 4) is 0 Å². The summed E-state index contributed by atoms with van der Waals surface area (Å²) in [6.45, 7) is 5.09. The molecule has 1 aliphatic carbocycles. The van der Waals surface area contributed by atoms with Crippen molar-refractivity contribution in [3.05, 3.63) is 0 Å². The van der Waals surface area contributed by atoms with Gasteiger partial charge < -0.3 is 10.0 Å². The van der Waals surface area contributed by atoms with E-state index in [-0.39, 0.29) is 6.61 Å². The van der Waals surface area contributed by atoms with E-state index in [1.54, 1.807) is 0 Å². The second kappa shape index (κ2) is 4.94. The van der Waals surface area contributed by atoms with Crippen molar-refractivity contribution in [1.82, 2.24) is 9.80 Å². The first-order valence-corrected chi connectivity index (χ1v) is 5.98. The predicted octanol–water partition coefficient (Wildman–Crippen LogP) is 0.374. The van der Waals surface area contributed by atoms with E-state index in [9.17, 15) is 0 Å². The fourth-order valence-corrected chi connectivity index (χ4v) is 2.19. The molecule has 0 radical (unpaired) electrons. The Labute approximate surface area is 91.4 Å². The molecule has 0 aromatic carbocycles. The third kappa shape index (κ3) is 2.92. The van der Waals surface area contributed by atoms with Crippen LogP contribution in [0.5, 0.6) is 0 Å². The number of hydrogen-bond donors (Lipinski definition) is 2. The topological polar surface area (TPSA) is 50.6 Å². The summed E-state index contributed by atoms with van der Waals surface area (Å²) in [5.74, 6) is 1.43. The molecule has 0 unspecified atom stereocenters. The lowest BCUT2D eigenvalue weighted by Gasteiger charge is -2.23. The Morgan fingerprint density at radius 1 is 1.20 bits per heavy atom. The summed E-state index contributed by atoms with van der Waals surface area (Å²) in [6, 6.07) is 0. The van der Waals surface area contributed by atoms with Crippen molar-refractivity contribution in [2.24, 2.45) is 5.92 Å². The molecule has 2 fully saturated rings. The van der Waals surface area contributed by atoms with Crippen LogP contribution in [-0.2, 0) is 0 Å². The van der Waals surface area contributed by atoms with Gasteiger partial charge in [0.05, 0.1) is 12.4 Å². The fourth-order valence-electron chi connectivity index (χ4n) is 2.19. The van der Waals surface area contributed by atoms with Gasteiger partial charge in [0, 0.05) is 32.1 Å². The van der Waals surface area contributed by atoms with Gasteiger partial charge in [-0.05, 0) is 25.8 Å². The number of nitrogens with one attached hydrogen (secondary N) is 1. The van der Waals surface area contributed by atoms with Crippen LogP contribution in [0.1, 0.15) is 19.3 Å². The van der Waals surface area contributed by atoms with Crippen molar-refractivity contribution >= 4 is 5.84 Å². The molecule has 0 amide bonds. The van der Waals surface area contributed by atoms with Crippen molar-refractivity contribution in [2.45, 2.75) is 19.3 Å². The summed E-state index contributed by atoms with van der Waals surface area (Å²) in [6.07, 6.45) is 3.56. The number of nitrogens with zero attached hydrogens (tertiary/aromatic N) is 2. The van der Waals surface area contributed by atoms with Crippen LogP contribution in [0.2, 0.25) is 0 Å². The van der Waals surface area contributed by atoms with Crippen LogP contribution in [0.25, 0.3) is 0 Å². The zero-order chi connectivity index (χ0) is 10.7. The zero-order valence-electron chi connectivity index (χ0n) is 9.28. The molecular formula is C11H21N3O. The van der Waals surface area contributed by atoms with Gasteiger partial charge in [-0.1, -0.05) is 0 Å². The van der Waals surface area contributed by atoms with Crippen molar-refractivity contribution < 1.29 is 5.11 Å². The molecule has 15 heavy (non-hydrogen) atoms. The standard InChI is InChI=1S/C11H21N3O/c12-11(10-2-3-10)14-5-1-4-13(6-7-14)8-9-15/h10,12,15H,1-9H2. The average molecular weight is 211 g/mol. The molecule has 0 spiro atoms. The van der Waals surface area contributed by atoms with Gasteiger partial charge in [0.1, 0.15) is 0 Å². The maximum atomic E-state index is 8.89. The molecule has 1 heterocycles. The maximum Gasteiger partial charge on any atom is 0.0989 e. The molecule has 0 bridgehead atoms. The van der Waals surface area contributed by atoms with E-state index in [0.29, 0.717) is 5.92 Å². The van der Waals surface area contributed by atoms with Gasteiger partial charge in [-0.3, -0.25) is 10.3 Å². The molecule has 86 valence electrons. The summed E-state index contributed by atoms with van der Waals surface area (Å²) in [4.78, 5) is 4.52. The fraction of sp³-hybridized carbons (Fsp3) is 0.909. The quantitative estimate of drug-likeness (QED) is 0.524. The first-order valence-electron chi connectivity index (χ1n) is 5.98. The van der Waals surface area contributed by atoms with Crippen LogP contribution in [-0.4, -0.2) is 60.1 Å². The lowest BCUT2D eigenvalue weighted by Crippen LogP contribution is -2.36. The molecule has 2 rings (SSSR count). The summed E-state index contributed by atoms with van der Waals surface area (Å²) in [7, 11) is 0. The number of aliphatic hydroxyl groups is 1. The molecule has 0 aromatic heterocycles. The van der Waals surface area contributed by atoms with E-state index in [4.69, 9.17) is 10.5 Å². The molecule has 1 saturated heterocycles. The van der Waals surface area contributed by atoms with Gasteiger partial charge in [0.15, 0.2) is 0 Å². The highest BCUT2D eigenvalue weighted by Gasteiger charge is 2.30. The highest BCUT2D eigenvalue weighted by atomic mass is 16.3. The number of aliphatic hydroxyl groups excluding tert-OH is 1. The number of β-amino-alcohol motifs (C(OH)–C–C–N with tert-alkyl or cyclic N) is 1. The maximum absolute atomic E-state index is 8.89. The van der Waals surface area contributed by atoms with Gasteiger partial charge in [0.2, 0.25) is 0 Å². The smallest absolute Gasteiger partial charge is 0.0989 e. The second-order valence-electron chi connectivity index (χ2n) is 4.57. The van der Waals surface area contributed by atoms with E-state index in [2.05, 4.69) is 9.80 Å². The SMILES string of the molecule is N=C(C1CC1)N1CCCN(CCO)CC1. The third-order valence-electron chi connectivity index (χ3n) is 3.31. The minimum atomic E-state index is 0.250. The average Bonchev–Trinajstić information content (AvgIpc) is 3.05. The van der Waals surface area contributed by atoms with Crippen molar-refractivity contribution in [3.63, 3.8) is 0 Å². The summed E-state index contributed by atoms with van der Waals surface area (Å²) in [5.41, 5.74) is 0. The molecule has 0 atom stereocenters. The third-order valence-corrected chi connectivity index (χ3v) is 3.31.